The normalized spacial score (nSPS) is 12.7. The zero-order valence-corrected chi connectivity index (χ0v) is 9.99. The van der Waals surface area contributed by atoms with Crippen LogP contribution in [0.1, 0.15) is 6.92 Å². The summed E-state index contributed by atoms with van der Waals surface area (Å²) < 4.78 is 39.4. The molecule has 1 aromatic rings. The molecule has 106 valence electrons. The second kappa shape index (κ2) is 6.28. The topological polar surface area (TPSA) is 70.6 Å². The third kappa shape index (κ3) is 5.96. The van der Waals surface area contributed by atoms with E-state index in [0.717, 1.165) is 12.1 Å². The third-order valence-corrected chi connectivity index (χ3v) is 2.00. The first kappa shape index (κ1) is 15.1. The Hall–Kier alpha value is -1.96. The summed E-state index contributed by atoms with van der Waals surface area (Å²) in [6.07, 6.45) is -4.75. The number of anilines is 1. The van der Waals surface area contributed by atoms with Crippen molar-refractivity contribution in [3.05, 3.63) is 24.3 Å². The molecule has 0 saturated heterocycles. The van der Waals surface area contributed by atoms with Crippen molar-refractivity contribution in [2.24, 2.45) is 0 Å². The van der Waals surface area contributed by atoms with Gasteiger partial charge < -0.3 is 20.5 Å². The molecule has 8 heteroatoms. The fourth-order valence-electron chi connectivity index (χ4n) is 1.18. The minimum Gasteiger partial charge on any atom is -0.406 e. The van der Waals surface area contributed by atoms with Gasteiger partial charge in [0.25, 0.3) is 0 Å². The minimum atomic E-state index is -4.75. The van der Waals surface area contributed by atoms with Crippen LogP contribution in [-0.4, -0.2) is 30.1 Å². The van der Waals surface area contributed by atoms with Gasteiger partial charge in [-0.25, -0.2) is 4.79 Å². The van der Waals surface area contributed by atoms with E-state index in [2.05, 4.69) is 15.4 Å². The quantitative estimate of drug-likeness (QED) is 0.789. The van der Waals surface area contributed by atoms with Gasteiger partial charge in [0.2, 0.25) is 0 Å². The Bertz CT molecular complexity index is 420. The number of benzene rings is 1. The maximum absolute atomic E-state index is 11.9. The Morgan fingerprint density at radius 1 is 1.37 bits per heavy atom. The van der Waals surface area contributed by atoms with Gasteiger partial charge in [-0.15, -0.1) is 13.2 Å². The summed E-state index contributed by atoms with van der Waals surface area (Å²) in [4.78, 5) is 11.4. The first-order valence-electron chi connectivity index (χ1n) is 5.34. The van der Waals surface area contributed by atoms with Crippen LogP contribution >= 0.6 is 0 Å². The van der Waals surface area contributed by atoms with E-state index in [1.165, 1.54) is 12.1 Å². The monoisotopic (exact) mass is 278 g/mol. The number of amides is 2. The van der Waals surface area contributed by atoms with Crippen molar-refractivity contribution in [2.75, 3.05) is 11.9 Å². The van der Waals surface area contributed by atoms with Crippen LogP contribution in [0.5, 0.6) is 5.75 Å². The highest BCUT2D eigenvalue weighted by atomic mass is 19.4. The average Bonchev–Trinajstić information content (AvgIpc) is 2.29. The molecule has 0 aliphatic carbocycles. The molecule has 19 heavy (non-hydrogen) atoms. The summed E-state index contributed by atoms with van der Waals surface area (Å²) in [5.41, 5.74) is 0.303. The smallest absolute Gasteiger partial charge is 0.406 e. The molecule has 0 unspecified atom stereocenters. The lowest BCUT2D eigenvalue weighted by atomic mass is 10.3. The largest absolute Gasteiger partial charge is 0.573 e. The standard InChI is InChI=1S/C11H13F3N2O3/c1-7(6-17)15-10(18)16-8-2-4-9(5-3-8)19-11(12,13)14/h2-5,7,17H,6H2,1H3,(H2,15,16,18)/t7-/m0/s1. The van der Waals surface area contributed by atoms with E-state index in [1.807, 2.05) is 0 Å². The summed E-state index contributed by atoms with van der Waals surface area (Å²) in [5.74, 6) is -0.373. The number of aliphatic hydroxyl groups excluding tert-OH is 1. The maximum Gasteiger partial charge on any atom is 0.573 e. The molecule has 1 rings (SSSR count). The van der Waals surface area contributed by atoms with E-state index in [0.29, 0.717) is 5.69 Å². The van der Waals surface area contributed by atoms with Crippen molar-refractivity contribution in [3.8, 4) is 5.75 Å². The van der Waals surface area contributed by atoms with E-state index in [1.54, 1.807) is 6.92 Å². The van der Waals surface area contributed by atoms with Crippen LogP contribution in [0.25, 0.3) is 0 Å². The van der Waals surface area contributed by atoms with E-state index in [-0.39, 0.29) is 12.4 Å². The molecular formula is C11H13F3N2O3. The summed E-state index contributed by atoms with van der Waals surface area (Å²) in [6.45, 7) is 1.38. The highest BCUT2D eigenvalue weighted by Crippen LogP contribution is 2.23. The Balaban J connectivity index is 2.55. The molecule has 0 spiro atoms. The fraction of sp³-hybridized carbons (Fsp3) is 0.364. The molecule has 0 aromatic heterocycles. The predicted octanol–water partition coefficient (Wildman–Crippen LogP) is 2.09. The second-order valence-corrected chi connectivity index (χ2v) is 3.75. The summed E-state index contributed by atoms with van der Waals surface area (Å²) >= 11 is 0. The van der Waals surface area contributed by atoms with E-state index in [4.69, 9.17) is 5.11 Å². The van der Waals surface area contributed by atoms with Crippen molar-refractivity contribution >= 4 is 11.7 Å². The summed E-state index contributed by atoms with van der Waals surface area (Å²) in [6, 6.07) is 3.71. The Morgan fingerprint density at radius 3 is 2.42 bits per heavy atom. The van der Waals surface area contributed by atoms with E-state index in [9.17, 15) is 18.0 Å². The molecule has 2 amide bonds. The van der Waals surface area contributed by atoms with Gasteiger partial charge in [0.15, 0.2) is 0 Å². The lowest BCUT2D eigenvalue weighted by molar-refractivity contribution is -0.274. The Labute approximate surface area is 107 Å². The number of halogens is 3. The molecule has 1 atom stereocenters. The Kier molecular flexibility index (Phi) is 4.99. The van der Waals surface area contributed by atoms with Crippen molar-refractivity contribution in [3.63, 3.8) is 0 Å². The number of ether oxygens (including phenoxy) is 1. The highest BCUT2D eigenvalue weighted by molar-refractivity contribution is 5.89. The SMILES string of the molecule is C[C@@H](CO)NC(=O)Nc1ccc(OC(F)(F)F)cc1. The number of urea groups is 1. The van der Waals surface area contributed by atoms with Gasteiger partial charge in [0.1, 0.15) is 5.75 Å². The molecule has 0 aliphatic heterocycles. The maximum atomic E-state index is 11.9. The summed E-state index contributed by atoms with van der Waals surface area (Å²) in [5, 5.41) is 13.5. The van der Waals surface area contributed by atoms with Crippen LogP contribution in [-0.2, 0) is 0 Å². The Morgan fingerprint density at radius 2 is 1.95 bits per heavy atom. The number of carbonyl (C=O) groups excluding carboxylic acids is 1. The number of hydrogen-bond acceptors (Lipinski definition) is 3. The minimum absolute atomic E-state index is 0.216. The molecule has 0 heterocycles. The van der Waals surface area contributed by atoms with E-state index < -0.39 is 18.4 Å². The molecule has 3 N–H and O–H groups in total. The summed E-state index contributed by atoms with van der Waals surface area (Å²) in [7, 11) is 0. The van der Waals surface area contributed by atoms with Crippen molar-refractivity contribution in [1.82, 2.24) is 5.32 Å². The molecule has 5 nitrogen and oxygen atoms in total. The number of nitrogens with one attached hydrogen (secondary N) is 2. The fourth-order valence-corrected chi connectivity index (χ4v) is 1.18. The van der Waals surface area contributed by atoms with Gasteiger partial charge in [0, 0.05) is 5.69 Å². The van der Waals surface area contributed by atoms with Crippen molar-refractivity contribution in [2.45, 2.75) is 19.3 Å². The molecule has 1 aromatic carbocycles. The first-order chi connectivity index (χ1) is 8.80. The zero-order valence-electron chi connectivity index (χ0n) is 9.99. The molecular weight excluding hydrogens is 265 g/mol. The van der Waals surface area contributed by atoms with Gasteiger partial charge in [-0.05, 0) is 31.2 Å². The van der Waals surface area contributed by atoms with Crippen molar-refractivity contribution < 1.29 is 27.8 Å². The van der Waals surface area contributed by atoms with Crippen LogP contribution in [0.4, 0.5) is 23.7 Å². The number of alkyl halides is 3. The lowest BCUT2D eigenvalue weighted by Crippen LogP contribution is -2.38. The van der Waals surface area contributed by atoms with Gasteiger partial charge in [0.05, 0.1) is 12.6 Å². The second-order valence-electron chi connectivity index (χ2n) is 3.75. The highest BCUT2D eigenvalue weighted by Gasteiger charge is 2.30. The zero-order chi connectivity index (χ0) is 14.5. The lowest BCUT2D eigenvalue weighted by Gasteiger charge is -2.12. The van der Waals surface area contributed by atoms with Crippen LogP contribution in [0.15, 0.2) is 24.3 Å². The number of rotatable bonds is 4. The van der Waals surface area contributed by atoms with E-state index >= 15 is 0 Å². The van der Waals surface area contributed by atoms with Crippen LogP contribution in [0.2, 0.25) is 0 Å². The van der Waals surface area contributed by atoms with Gasteiger partial charge >= 0.3 is 12.4 Å². The molecule has 0 fully saturated rings. The average molecular weight is 278 g/mol. The van der Waals surface area contributed by atoms with Gasteiger partial charge in [-0.1, -0.05) is 0 Å². The van der Waals surface area contributed by atoms with Crippen LogP contribution in [0, 0.1) is 0 Å². The van der Waals surface area contributed by atoms with Crippen molar-refractivity contribution in [1.29, 1.82) is 0 Å². The molecule has 0 radical (unpaired) electrons. The van der Waals surface area contributed by atoms with Crippen LogP contribution in [0.3, 0.4) is 0 Å². The molecule has 0 aliphatic rings. The van der Waals surface area contributed by atoms with Gasteiger partial charge in [-0.2, -0.15) is 0 Å². The predicted molar refractivity (Wildman–Crippen MR) is 61.8 cm³/mol. The molecule has 0 saturated carbocycles. The first-order valence-corrected chi connectivity index (χ1v) is 5.34. The van der Waals surface area contributed by atoms with Crippen LogP contribution < -0.4 is 15.4 Å². The number of carbonyl (C=O) groups is 1. The van der Waals surface area contributed by atoms with Gasteiger partial charge in [-0.3, -0.25) is 0 Å². The molecule has 0 bridgehead atoms. The number of hydrogen-bond donors (Lipinski definition) is 3. The third-order valence-electron chi connectivity index (χ3n) is 2.00. The number of aliphatic hydroxyl groups is 1.